The molecule has 0 atom stereocenters. The van der Waals surface area contributed by atoms with Crippen LogP contribution in [0.4, 0.5) is 0 Å². The molecule has 1 heterocycles. The molecular weight excluding hydrogens is 190 g/mol. The first-order valence-corrected chi connectivity index (χ1v) is 4.91. The summed E-state index contributed by atoms with van der Waals surface area (Å²) in [5.41, 5.74) is 5.13. The average molecular weight is 203 g/mol. The Morgan fingerprint density at radius 2 is 1.00 bits per heavy atom. The molecule has 0 spiro atoms. The van der Waals surface area contributed by atoms with E-state index in [9.17, 15) is 9.59 Å². The molecule has 1 aromatic carbocycles. The molecule has 1 aromatic rings. The highest BCUT2D eigenvalue weighted by Crippen LogP contribution is 2.29. The van der Waals surface area contributed by atoms with Gasteiger partial charge in [-0.05, 0) is 49.9 Å². The summed E-state index contributed by atoms with van der Waals surface area (Å²) in [5.74, 6) is -0.530. The molecule has 0 aromatic heterocycles. The Kier molecular flexibility index (Phi) is 1.93. The van der Waals surface area contributed by atoms with E-state index in [4.69, 9.17) is 0 Å². The molecule has 1 aliphatic rings. The van der Waals surface area contributed by atoms with Gasteiger partial charge in [0.2, 0.25) is 0 Å². The van der Waals surface area contributed by atoms with Crippen LogP contribution in [0.2, 0.25) is 0 Å². The van der Waals surface area contributed by atoms with Crippen molar-refractivity contribution in [2.24, 2.45) is 0 Å². The van der Waals surface area contributed by atoms with Crippen LogP contribution in [-0.2, 0) is 0 Å². The number of carbonyl (C=O) groups is 2. The fraction of sp³-hybridized carbons (Fsp3) is 0.333. The van der Waals surface area contributed by atoms with E-state index in [0.29, 0.717) is 11.1 Å². The number of benzene rings is 1. The number of imide groups is 1. The quantitative estimate of drug-likeness (QED) is 0.653. The standard InChI is InChI=1S/C12H13NO2/c1-5-6(2)8(4)10-9(7(5)3)11(14)13-12(10)15/h1-4H3,(H,13,14,15). The maximum Gasteiger partial charge on any atom is 0.259 e. The molecule has 0 unspecified atom stereocenters. The van der Waals surface area contributed by atoms with Crippen LogP contribution in [0.1, 0.15) is 43.0 Å². The zero-order valence-electron chi connectivity index (χ0n) is 9.32. The fourth-order valence-corrected chi connectivity index (χ4v) is 2.11. The number of hydrogen-bond donors (Lipinski definition) is 1. The predicted molar refractivity (Wildman–Crippen MR) is 57.2 cm³/mol. The second-order valence-electron chi connectivity index (χ2n) is 4.03. The van der Waals surface area contributed by atoms with E-state index in [1.165, 1.54) is 0 Å². The van der Waals surface area contributed by atoms with Crippen LogP contribution in [-0.4, -0.2) is 11.8 Å². The predicted octanol–water partition coefficient (Wildman–Crippen LogP) is 1.80. The maximum atomic E-state index is 11.6. The highest BCUT2D eigenvalue weighted by Gasteiger charge is 2.31. The van der Waals surface area contributed by atoms with Gasteiger partial charge in [0.1, 0.15) is 0 Å². The third-order valence-corrected chi connectivity index (χ3v) is 3.37. The number of hydrogen-bond acceptors (Lipinski definition) is 2. The van der Waals surface area contributed by atoms with E-state index in [0.717, 1.165) is 22.3 Å². The van der Waals surface area contributed by atoms with Gasteiger partial charge < -0.3 is 0 Å². The van der Waals surface area contributed by atoms with Gasteiger partial charge in [0, 0.05) is 0 Å². The van der Waals surface area contributed by atoms with E-state index in [1.807, 2.05) is 27.7 Å². The van der Waals surface area contributed by atoms with E-state index >= 15 is 0 Å². The second-order valence-corrected chi connectivity index (χ2v) is 4.03. The van der Waals surface area contributed by atoms with Crippen LogP contribution in [0, 0.1) is 27.7 Å². The third kappa shape index (κ3) is 1.12. The number of nitrogens with one attached hydrogen (secondary N) is 1. The van der Waals surface area contributed by atoms with Gasteiger partial charge in [-0.1, -0.05) is 0 Å². The zero-order valence-corrected chi connectivity index (χ0v) is 9.32. The van der Waals surface area contributed by atoms with Gasteiger partial charge >= 0.3 is 0 Å². The Labute approximate surface area is 88.5 Å². The van der Waals surface area contributed by atoms with Crippen molar-refractivity contribution in [2.45, 2.75) is 27.7 Å². The molecule has 1 N–H and O–H groups in total. The minimum absolute atomic E-state index is 0.265. The van der Waals surface area contributed by atoms with Gasteiger partial charge in [-0.15, -0.1) is 0 Å². The molecule has 15 heavy (non-hydrogen) atoms. The average Bonchev–Trinajstić information content (AvgIpc) is 2.47. The zero-order chi connectivity index (χ0) is 11.3. The van der Waals surface area contributed by atoms with Gasteiger partial charge in [0.25, 0.3) is 11.8 Å². The second kappa shape index (κ2) is 2.92. The number of amides is 2. The minimum atomic E-state index is -0.265. The van der Waals surface area contributed by atoms with Crippen LogP contribution < -0.4 is 5.32 Å². The van der Waals surface area contributed by atoms with Gasteiger partial charge in [0.15, 0.2) is 0 Å². The smallest absolute Gasteiger partial charge is 0.259 e. The molecule has 78 valence electrons. The van der Waals surface area contributed by atoms with Gasteiger partial charge in [-0.25, -0.2) is 0 Å². The Balaban J connectivity index is 2.92. The maximum absolute atomic E-state index is 11.6. The van der Waals surface area contributed by atoms with Crippen LogP contribution in [0.15, 0.2) is 0 Å². The van der Waals surface area contributed by atoms with E-state index in [2.05, 4.69) is 5.32 Å². The molecule has 0 radical (unpaired) electrons. The molecule has 0 bridgehead atoms. The number of carbonyl (C=O) groups excluding carboxylic acids is 2. The minimum Gasteiger partial charge on any atom is -0.288 e. The SMILES string of the molecule is Cc1c(C)c(C)c2c(c1C)C(=O)NC2=O. The Morgan fingerprint density at radius 3 is 1.33 bits per heavy atom. The van der Waals surface area contributed by atoms with Gasteiger partial charge in [-0.3, -0.25) is 14.9 Å². The first kappa shape index (κ1) is 9.90. The Morgan fingerprint density at radius 1 is 0.667 bits per heavy atom. The van der Waals surface area contributed by atoms with E-state index < -0.39 is 0 Å². The molecule has 0 saturated carbocycles. The van der Waals surface area contributed by atoms with Gasteiger partial charge in [-0.2, -0.15) is 0 Å². The van der Waals surface area contributed by atoms with Crippen molar-refractivity contribution in [3.63, 3.8) is 0 Å². The summed E-state index contributed by atoms with van der Waals surface area (Å²) in [6, 6.07) is 0. The molecule has 2 amide bonds. The highest BCUT2D eigenvalue weighted by molar-refractivity contribution is 6.23. The molecular formula is C12H13NO2. The summed E-state index contributed by atoms with van der Waals surface area (Å²) in [4.78, 5) is 23.2. The molecule has 3 nitrogen and oxygen atoms in total. The number of rotatable bonds is 0. The molecule has 1 aliphatic heterocycles. The fourth-order valence-electron chi connectivity index (χ4n) is 2.11. The summed E-state index contributed by atoms with van der Waals surface area (Å²) in [6.45, 7) is 7.74. The van der Waals surface area contributed by atoms with Crippen molar-refractivity contribution < 1.29 is 9.59 Å². The molecule has 0 fully saturated rings. The van der Waals surface area contributed by atoms with Crippen molar-refractivity contribution in [2.75, 3.05) is 0 Å². The van der Waals surface area contributed by atoms with Crippen molar-refractivity contribution in [1.82, 2.24) is 5.32 Å². The highest BCUT2D eigenvalue weighted by atomic mass is 16.2. The lowest BCUT2D eigenvalue weighted by molar-refractivity contribution is 0.0879. The topological polar surface area (TPSA) is 46.2 Å². The van der Waals surface area contributed by atoms with Crippen LogP contribution in [0.25, 0.3) is 0 Å². The monoisotopic (exact) mass is 203 g/mol. The first-order chi connectivity index (χ1) is 6.95. The normalized spacial score (nSPS) is 14.1. The molecule has 0 saturated heterocycles. The lowest BCUT2D eigenvalue weighted by Crippen LogP contribution is -2.20. The lowest BCUT2D eigenvalue weighted by atomic mass is 9.90. The molecule has 0 aliphatic carbocycles. The van der Waals surface area contributed by atoms with E-state index in [-0.39, 0.29) is 11.8 Å². The summed E-state index contributed by atoms with van der Waals surface area (Å²) < 4.78 is 0. The summed E-state index contributed by atoms with van der Waals surface area (Å²) in [5, 5.41) is 2.34. The van der Waals surface area contributed by atoms with Crippen LogP contribution in [0.5, 0.6) is 0 Å². The number of fused-ring (bicyclic) bond motifs is 1. The summed E-state index contributed by atoms with van der Waals surface area (Å²) in [7, 11) is 0. The van der Waals surface area contributed by atoms with Crippen LogP contribution >= 0.6 is 0 Å². The summed E-state index contributed by atoms with van der Waals surface area (Å²) in [6.07, 6.45) is 0. The van der Waals surface area contributed by atoms with Crippen molar-refractivity contribution in [1.29, 1.82) is 0 Å². The van der Waals surface area contributed by atoms with Crippen LogP contribution in [0.3, 0.4) is 0 Å². The summed E-state index contributed by atoms with van der Waals surface area (Å²) >= 11 is 0. The van der Waals surface area contributed by atoms with E-state index in [1.54, 1.807) is 0 Å². The van der Waals surface area contributed by atoms with Crippen molar-refractivity contribution in [3.8, 4) is 0 Å². The van der Waals surface area contributed by atoms with Crippen molar-refractivity contribution >= 4 is 11.8 Å². The first-order valence-electron chi connectivity index (χ1n) is 4.91. The lowest BCUT2D eigenvalue weighted by Gasteiger charge is -2.12. The van der Waals surface area contributed by atoms with Crippen molar-refractivity contribution in [3.05, 3.63) is 33.4 Å². The Hall–Kier alpha value is -1.64. The molecule has 3 heteroatoms. The Bertz CT molecular complexity index is 456. The van der Waals surface area contributed by atoms with Gasteiger partial charge in [0.05, 0.1) is 11.1 Å². The largest absolute Gasteiger partial charge is 0.288 e. The molecule has 2 rings (SSSR count). The third-order valence-electron chi connectivity index (χ3n) is 3.37.